The predicted molar refractivity (Wildman–Crippen MR) is 307 cm³/mol. The first kappa shape index (κ1) is 41.5. The first-order valence-electron chi connectivity index (χ1n) is 24.8. The third-order valence-corrected chi connectivity index (χ3v) is 14.8. The molecule has 1 aromatic heterocycles. The van der Waals surface area contributed by atoms with Gasteiger partial charge in [-0.15, -0.1) is 0 Å². The minimum atomic E-state index is 1.06. The number of hydrogen-bond donors (Lipinski definition) is 0. The molecule has 0 saturated heterocycles. The van der Waals surface area contributed by atoms with E-state index in [1.807, 2.05) is 0 Å². The molecule has 336 valence electrons. The number of benzene rings is 13. The van der Waals surface area contributed by atoms with Crippen LogP contribution >= 0.6 is 0 Å². The second kappa shape index (κ2) is 17.2. The Labute approximate surface area is 418 Å². The summed E-state index contributed by atoms with van der Waals surface area (Å²) < 4.78 is 2.50. The Balaban J connectivity index is 1.04. The van der Waals surface area contributed by atoms with Crippen molar-refractivity contribution in [3.8, 4) is 50.2 Å². The molecule has 13 aromatic carbocycles. The lowest BCUT2D eigenvalue weighted by molar-refractivity contribution is 1.19. The third-order valence-electron chi connectivity index (χ3n) is 14.8. The van der Waals surface area contributed by atoms with Crippen LogP contribution in [0.4, 0.5) is 17.1 Å². The number of aromatic nitrogens is 1. The summed E-state index contributed by atoms with van der Waals surface area (Å²) >= 11 is 0. The highest BCUT2D eigenvalue weighted by atomic mass is 15.1. The van der Waals surface area contributed by atoms with Crippen molar-refractivity contribution in [3.05, 3.63) is 279 Å². The maximum absolute atomic E-state index is 2.51. The van der Waals surface area contributed by atoms with Gasteiger partial charge in [-0.3, -0.25) is 0 Å². The van der Waals surface area contributed by atoms with Crippen molar-refractivity contribution in [3.63, 3.8) is 0 Å². The van der Waals surface area contributed by atoms with Crippen LogP contribution in [0.5, 0.6) is 0 Å². The third kappa shape index (κ3) is 6.72. The van der Waals surface area contributed by atoms with E-state index in [9.17, 15) is 0 Å². The lowest BCUT2D eigenvalue weighted by Gasteiger charge is -2.31. The van der Waals surface area contributed by atoms with Gasteiger partial charge < -0.3 is 9.47 Å². The lowest BCUT2D eigenvalue weighted by Crippen LogP contribution is -2.12. The summed E-state index contributed by atoms with van der Waals surface area (Å²) in [4.78, 5) is 2.51. The smallest absolute Gasteiger partial charge is 0.0619 e. The number of nitrogens with zero attached hydrogens (tertiary/aromatic N) is 2. The van der Waals surface area contributed by atoms with Gasteiger partial charge in [0.15, 0.2) is 0 Å². The second-order valence-corrected chi connectivity index (χ2v) is 18.7. The number of anilines is 3. The van der Waals surface area contributed by atoms with Crippen molar-refractivity contribution < 1.29 is 0 Å². The summed E-state index contributed by atoms with van der Waals surface area (Å²) in [6.07, 6.45) is 0. The van der Waals surface area contributed by atoms with Crippen molar-refractivity contribution in [2.24, 2.45) is 0 Å². The van der Waals surface area contributed by atoms with E-state index in [0.717, 1.165) is 50.6 Å². The molecule has 2 heteroatoms. The van der Waals surface area contributed by atoms with E-state index in [1.165, 1.54) is 81.6 Å². The molecule has 0 fully saturated rings. The van der Waals surface area contributed by atoms with Crippen LogP contribution in [0.3, 0.4) is 0 Å². The van der Waals surface area contributed by atoms with Gasteiger partial charge in [0.05, 0.1) is 28.1 Å². The van der Waals surface area contributed by atoms with Crippen LogP contribution in [0.1, 0.15) is 0 Å². The fourth-order valence-corrected chi connectivity index (χ4v) is 11.6. The SMILES string of the molecule is c1ccc(-c2cc(N(c3ccccc3-c3cccc4ccccc34)c3ccc(-c4cccc5ccccc45)c4ccccc34)ccc2-c2ccccc2-n2c3ccccc3c3ccc4ccccc4c32)cc1. The Morgan fingerprint density at radius 2 is 0.764 bits per heavy atom. The first-order valence-corrected chi connectivity index (χ1v) is 24.8. The summed E-state index contributed by atoms with van der Waals surface area (Å²) in [5, 5.41) is 12.2. The van der Waals surface area contributed by atoms with E-state index in [1.54, 1.807) is 0 Å². The summed E-state index contributed by atoms with van der Waals surface area (Å²) in [6, 6.07) is 103. The maximum Gasteiger partial charge on any atom is 0.0619 e. The van der Waals surface area contributed by atoms with E-state index in [2.05, 4.69) is 289 Å². The van der Waals surface area contributed by atoms with Crippen molar-refractivity contribution in [1.29, 1.82) is 0 Å². The van der Waals surface area contributed by atoms with Crippen molar-refractivity contribution in [1.82, 2.24) is 4.57 Å². The average molecular weight is 915 g/mol. The Morgan fingerprint density at radius 3 is 1.51 bits per heavy atom. The Kier molecular flexibility index (Phi) is 9.89. The van der Waals surface area contributed by atoms with Crippen molar-refractivity contribution in [2.45, 2.75) is 0 Å². The average Bonchev–Trinajstić information content (AvgIpc) is 3.80. The molecule has 0 radical (unpaired) electrons. The van der Waals surface area contributed by atoms with Gasteiger partial charge in [-0.1, -0.05) is 243 Å². The van der Waals surface area contributed by atoms with Gasteiger partial charge in [-0.2, -0.15) is 0 Å². The molecule has 0 spiro atoms. The molecule has 14 rings (SSSR count). The van der Waals surface area contributed by atoms with Crippen LogP contribution < -0.4 is 4.90 Å². The quantitative estimate of drug-likeness (QED) is 0.147. The second-order valence-electron chi connectivity index (χ2n) is 18.7. The van der Waals surface area contributed by atoms with E-state index < -0.39 is 0 Å². The normalized spacial score (nSPS) is 11.6. The highest BCUT2D eigenvalue weighted by molar-refractivity contribution is 6.19. The maximum atomic E-state index is 2.51. The van der Waals surface area contributed by atoms with Crippen molar-refractivity contribution in [2.75, 3.05) is 4.90 Å². The molecule has 0 N–H and O–H groups in total. The first-order chi connectivity index (χ1) is 35.8. The molecular weight excluding hydrogens is 869 g/mol. The highest BCUT2D eigenvalue weighted by Crippen LogP contribution is 2.49. The molecule has 0 bridgehead atoms. The zero-order valence-electron chi connectivity index (χ0n) is 39.5. The molecule has 1 heterocycles. The molecular formula is C70H46N2. The Morgan fingerprint density at radius 1 is 0.250 bits per heavy atom. The monoisotopic (exact) mass is 914 g/mol. The van der Waals surface area contributed by atoms with E-state index in [4.69, 9.17) is 0 Å². The lowest BCUT2D eigenvalue weighted by atomic mass is 9.91. The highest BCUT2D eigenvalue weighted by Gasteiger charge is 2.25. The number of para-hydroxylation sites is 3. The molecule has 0 aliphatic heterocycles. The molecule has 0 aliphatic rings. The van der Waals surface area contributed by atoms with E-state index in [0.29, 0.717) is 0 Å². The minimum absolute atomic E-state index is 1.06. The van der Waals surface area contributed by atoms with Crippen LogP contribution in [-0.2, 0) is 0 Å². The topological polar surface area (TPSA) is 8.17 Å². The van der Waals surface area contributed by atoms with Crippen LogP contribution in [-0.4, -0.2) is 4.57 Å². The molecule has 0 atom stereocenters. The summed E-state index contributed by atoms with van der Waals surface area (Å²) in [5.41, 5.74) is 16.2. The summed E-state index contributed by atoms with van der Waals surface area (Å²) in [6.45, 7) is 0. The molecule has 2 nitrogen and oxygen atoms in total. The largest absolute Gasteiger partial charge is 0.309 e. The zero-order chi connectivity index (χ0) is 47.5. The van der Waals surface area contributed by atoms with Gasteiger partial charge in [0.1, 0.15) is 0 Å². The van der Waals surface area contributed by atoms with E-state index in [-0.39, 0.29) is 0 Å². The molecule has 0 saturated carbocycles. The molecule has 0 amide bonds. The number of rotatable bonds is 8. The molecule has 0 unspecified atom stereocenters. The predicted octanol–water partition coefficient (Wildman–Crippen LogP) is 19.5. The van der Waals surface area contributed by atoms with Gasteiger partial charge in [0, 0.05) is 38.4 Å². The molecule has 0 aliphatic carbocycles. The van der Waals surface area contributed by atoms with Gasteiger partial charge in [-0.05, 0) is 102 Å². The van der Waals surface area contributed by atoms with E-state index >= 15 is 0 Å². The number of fused-ring (bicyclic) bond motifs is 8. The van der Waals surface area contributed by atoms with Crippen LogP contribution in [0.2, 0.25) is 0 Å². The van der Waals surface area contributed by atoms with Crippen LogP contribution in [0.25, 0.3) is 115 Å². The fraction of sp³-hybridized carbons (Fsp3) is 0. The van der Waals surface area contributed by atoms with Crippen LogP contribution in [0.15, 0.2) is 279 Å². The van der Waals surface area contributed by atoms with Gasteiger partial charge >= 0.3 is 0 Å². The van der Waals surface area contributed by atoms with Gasteiger partial charge in [0.2, 0.25) is 0 Å². The molecule has 72 heavy (non-hydrogen) atoms. The standard InChI is InChI=1S/C70H46N2/c1-2-20-49(21-3-1)65-46-51(41-43-59(65)62-33-13-16-38-67(62)72-68-39-17-14-34-63(68)64-42-40-50-24-6-9-29-54(50)70(64)72)71(66-37-15-12-32-60(66)56-36-19-26-48-23-5-8-28-53(48)56)69-45-44-58(57-30-10-11-31-61(57)69)55-35-18-25-47-22-4-7-27-52(47)55/h1-46H. The number of hydrogen-bond acceptors (Lipinski definition) is 1. The Hall–Kier alpha value is -9.50. The summed E-state index contributed by atoms with van der Waals surface area (Å²) in [7, 11) is 0. The van der Waals surface area contributed by atoms with Gasteiger partial charge in [-0.25, -0.2) is 0 Å². The Bertz CT molecular complexity index is 4400. The van der Waals surface area contributed by atoms with Crippen LogP contribution in [0, 0.1) is 0 Å². The zero-order valence-corrected chi connectivity index (χ0v) is 39.5. The molecule has 14 aromatic rings. The fourth-order valence-electron chi connectivity index (χ4n) is 11.6. The van der Waals surface area contributed by atoms with Gasteiger partial charge in [0.25, 0.3) is 0 Å². The summed E-state index contributed by atoms with van der Waals surface area (Å²) in [5.74, 6) is 0. The van der Waals surface area contributed by atoms with Crippen molar-refractivity contribution >= 4 is 82.0 Å². The minimum Gasteiger partial charge on any atom is -0.309 e.